The summed E-state index contributed by atoms with van der Waals surface area (Å²) in [5, 5.41) is 0. The van der Waals surface area contributed by atoms with Gasteiger partial charge >= 0.3 is 0 Å². The lowest BCUT2D eigenvalue weighted by molar-refractivity contribution is 0.613. The maximum absolute atomic E-state index is 12.3. The number of benzene rings is 1. The van der Waals surface area contributed by atoms with Gasteiger partial charge < -0.3 is 0 Å². The lowest BCUT2D eigenvalue weighted by atomic mass is 10.00. The Morgan fingerprint density at radius 2 is 2.00 bits per heavy atom. The fourth-order valence-corrected chi connectivity index (χ4v) is 1.26. The zero-order valence-corrected chi connectivity index (χ0v) is 7.69. The van der Waals surface area contributed by atoms with Crippen molar-refractivity contribution in [3.8, 4) is 0 Å². The molecule has 0 bridgehead atoms. The Morgan fingerprint density at radius 1 is 1.33 bits per heavy atom. The molecule has 2 heteroatoms. The van der Waals surface area contributed by atoms with Crippen molar-refractivity contribution in [1.29, 1.82) is 0 Å². The van der Waals surface area contributed by atoms with Crippen molar-refractivity contribution in [2.75, 3.05) is 5.54 Å². The Balaban J connectivity index is 3.11. The summed E-state index contributed by atoms with van der Waals surface area (Å²) in [7, 11) is 0. The third-order valence-electron chi connectivity index (χ3n) is 1.93. The van der Waals surface area contributed by atoms with E-state index in [9.17, 15) is 4.48 Å². The zero-order chi connectivity index (χ0) is 9.14. The summed E-state index contributed by atoms with van der Waals surface area (Å²) in [6.07, 6.45) is 0. The molecule has 0 aromatic heterocycles. The van der Waals surface area contributed by atoms with Crippen molar-refractivity contribution in [2.24, 2.45) is 0 Å². The number of hydrogen-bond donors (Lipinski definition) is 1. The molecule has 0 saturated heterocycles. The fourth-order valence-electron chi connectivity index (χ4n) is 1.26. The molecule has 1 rings (SSSR count). The first kappa shape index (κ1) is 9.04. The molecule has 1 nitrogen and oxygen atoms in total. The van der Waals surface area contributed by atoms with Gasteiger partial charge in [0.25, 0.3) is 0 Å². The summed E-state index contributed by atoms with van der Waals surface area (Å²) < 4.78 is 12.3. The quantitative estimate of drug-likeness (QED) is 0.665. The van der Waals surface area contributed by atoms with Gasteiger partial charge in [-0.1, -0.05) is 26.0 Å². The fraction of sp³-hybridized carbons (Fsp3) is 0.400. The first-order valence-electron chi connectivity index (χ1n) is 4.12. The molecule has 1 aromatic rings. The summed E-state index contributed by atoms with van der Waals surface area (Å²) in [4.78, 5) is 0. The molecule has 66 valence electrons. The molecule has 1 aromatic carbocycles. The molecule has 0 radical (unpaired) electrons. The first-order chi connectivity index (χ1) is 5.65. The lowest BCUT2D eigenvalue weighted by Crippen LogP contribution is -1.94. The monoisotopic (exact) mass is 167 g/mol. The molecular weight excluding hydrogens is 153 g/mol. The largest absolute Gasteiger partial charge is 0.224 e. The second kappa shape index (κ2) is 3.57. The molecule has 0 fully saturated rings. The van der Waals surface area contributed by atoms with E-state index in [1.165, 1.54) is 0 Å². The smallest absolute Gasteiger partial charge is 0.0692 e. The van der Waals surface area contributed by atoms with Crippen LogP contribution in [-0.4, -0.2) is 0 Å². The van der Waals surface area contributed by atoms with E-state index in [1.807, 2.05) is 39.0 Å². The van der Waals surface area contributed by atoms with Gasteiger partial charge in [-0.2, -0.15) is 0 Å². The molecule has 0 spiro atoms. The molecule has 0 heterocycles. The molecule has 0 atom stereocenters. The molecule has 12 heavy (non-hydrogen) atoms. The Bertz CT molecular complexity index is 269. The van der Waals surface area contributed by atoms with Gasteiger partial charge in [-0.15, -0.1) is 4.48 Å². The second-order valence-electron chi connectivity index (χ2n) is 3.34. The van der Waals surface area contributed by atoms with Gasteiger partial charge in [-0.3, -0.25) is 0 Å². The van der Waals surface area contributed by atoms with Crippen LogP contribution in [0.3, 0.4) is 0 Å². The number of nitrogens with one attached hydrogen (secondary N) is 1. The van der Waals surface area contributed by atoms with Crippen LogP contribution in [0.2, 0.25) is 0 Å². The Kier molecular flexibility index (Phi) is 2.69. The average molecular weight is 167 g/mol. The van der Waals surface area contributed by atoms with E-state index in [4.69, 9.17) is 0 Å². The first-order valence-corrected chi connectivity index (χ1v) is 4.12. The SMILES string of the molecule is Cc1ccc(C(C)C)c(NF)c1. The minimum absolute atomic E-state index is 0.351. The standard InChI is InChI=1S/C10H14FN/c1-7(2)9-5-4-8(3)6-10(9)12-11/h4-7,12H,1-3H3. The molecule has 1 N–H and O–H groups in total. The number of rotatable bonds is 2. The number of anilines is 1. The zero-order valence-electron chi connectivity index (χ0n) is 7.69. The van der Waals surface area contributed by atoms with Gasteiger partial charge in [-0.25, -0.2) is 5.54 Å². The third kappa shape index (κ3) is 1.76. The number of halogens is 1. The summed E-state index contributed by atoms with van der Waals surface area (Å²) in [5.74, 6) is 0.351. The predicted octanol–water partition coefficient (Wildman–Crippen LogP) is 3.41. The van der Waals surface area contributed by atoms with Crippen LogP contribution in [0.1, 0.15) is 30.9 Å². The average Bonchev–Trinajstić information content (AvgIpc) is 2.03. The molecular formula is C10H14FN. The van der Waals surface area contributed by atoms with Crippen LogP contribution in [0.5, 0.6) is 0 Å². The normalized spacial score (nSPS) is 10.4. The van der Waals surface area contributed by atoms with Crippen molar-refractivity contribution in [3.63, 3.8) is 0 Å². The molecule has 0 aliphatic rings. The van der Waals surface area contributed by atoms with Crippen molar-refractivity contribution >= 4 is 5.69 Å². The number of aryl methyl sites for hydroxylation is 1. The van der Waals surface area contributed by atoms with E-state index in [2.05, 4.69) is 0 Å². The van der Waals surface area contributed by atoms with Crippen LogP contribution < -0.4 is 5.54 Å². The van der Waals surface area contributed by atoms with E-state index in [0.29, 0.717) is 11.6 Å². The van der Waals surface area contributed by atoms with Crippen LogP contribution in [0.4, 0.5) is 10.2 Å². The van der Waals surface area contributed by atoms with Crippen LogP contribution in [-0.2, 0) is 0 Å². The third-order valence-corrected chi connectivity index (χ3v) is 1.93. The lowest BCUT2D eigenvalue weighted by Gasteiger charge is -2.10. The van der Waals surface area contributed by atoms with E-state index >= 15 is 0 Å². The highest BCUT2D eigenvalue weighted by Gasteiger charge is 2.05. The second-order valence-corrected chi connectivity index (χ2v) is 3.34. The summed E-state index contributed by atoms with van der Waals surface area (Å²) in [6, 6.07) is 5.77. The summed E-state index contributed by atoms with van der Waals surface area (Å²) in [5.41, 5.74) is 4.39. The number of hydrogen-bond acceptors (Lipinski definition) is 1. The van der Waals surface area contributed by atoms with E-state index in [1.54, 1.807) is 5.54 Å². The molecule has 0 saturated carbocycles. The molecule has 0 amide bonds. The maximum Gasteiger partial charge on any atom is 0.0692 e. The maximum atomic E-state index is 12.3. The predicted molar refractivity (Wildman–Crippen MR) is 50.0 cm³/mol. The van der Waals surface area contributed by atoms with Crippen LogP contribution in [0, 0.1) is 6.92 Å². The van der Waals surface area contributed by atoms with Gasteiger partial charge in [0.05, 0.1) is 5.69 Å². The highest BCUT2D eigenvalue weighted by molar-refractivity contribution is 5.52. The highest BCUT2D eigenvalue weighted by atomic mass is 19.2. The van der Waals surface area contributed by atoms with E-state index < -0.39 is 0 Å². The topological polar surface area (TPSA) is 12.0 Å². The van der Waals surface area contributed by atoms with Crippen molar-refractivity contribution in [1.82, 2.24) is 0 Å². The van der Waals surface area contributed by atoms with Gasteiger partial charge in [0.2, 0.25) is 0 Å². The van der Waals surface area contributed by atoms with E-state index in [-0.39, 0.29) is 0 Å². The van der Waals surface area contributed by atoms with E-state index in [0.717, 1.165) is 11.1 Å². The Morgan fingerprint density at radius 3 is 2.50 bits per heavy atom. The van der Waals surface area contributed by atoms with Gasteiger partial charge in [-0.05, 0) is 30.0 Å². The minimum Gasteiger partial charge on any atom is -0.224 e. The summed E-state index contributed by atoms with van der Waals surface area (Å²) >= 11 is 0. The summed E-state index contributed by atoms with van der Waals surface area (Å²) in [6.45, 7) is 6.04. The van der Waals surface area contributed by atoms with Gasteiger partial charge in [0.1, 0.15) is 0 Å². The minimum atomic E-state index is 0.351. The van der Waals surface area contributed by atoms with Crippen LogP contribution in [0.25, 0.3) is 0 Å². The van der Waals surface area contributed by atoms with Crippen molar-refractivity contribution < 1.29 is 4.48 Å². The highest BCUT2D eigenvalue weighted by Crippen LogP contribution is 2.25. The Labute approximate surface area is 72.5 Å². The molecule has 0 unspecified atom stereocenters. The Hall–Kier alpha value is -1.05. The molecule has 0 aliphatic carbocycles. The molecule has 0 aliphatic heterocycles. The van der Waals surface area contributed by atoms with Crippen LogP contribution >= 0.6 is 0 Å². The van der Waals surface area contributed by atoms with Gasteiger partial charge in [0.15, 0.2) is 0 Å². The van der Waals surface area contributed by atoms with Gasteiger partial charge in [0, 0.05) is 0 Å². The van der Waals surface area contributed by atoms with Crippen LogP contribution in [0.15, 0.2) is 18.2 Å². The van der Waals surface area contributed by atoms with Crippen molar-refractivity contribution in [2.45, 2.75) is 26.7 Å². The van der Waals surface area contributed by atoms with Crippen molar-refractivity contribution in [3.05, 3.63) is 29.3 Å².